The Labute approximate surface area is 218 Å². The Kier molecular flexibility index (Phi) is 6.45. The number of benzene rings is 2. The van der Waals surface area contributed by atoms with Gasteiger partial charge in [0.15, 0.2) is 11.4 Å². The Morgan fingerprint density at radius 1 is 1.16 bits per heavy atom. The van der Waals surface area contributed by atoms with Crippen molar-refractivity contribution >= 4 is 33.8 Å². The number of ether oxygens (including phenoxy) is 1. The molecule has 38 heavy (non-hydrogen) atoms. The zero-order valence-corrected chi connectivity index (χ0v) is 20.8. The Morgan fingerprint density at radius 2 is 2.11 bits per heavy atom. The number of hydrogen-bond donors (Lipinski definition) is 2. The molecule has 1 aliphatic heterocycles. The van der Waals surface area contributed by atoms with Gasteiger partial charge < -0.3 is 15.4 Å². The summed E-state index contributed by atoms with van der Waals surface area (Å²) in [5, 5.41) is 15.5. The number of nitrogens with zero attached hydrogens (tertiary/aromatic N) is 6. The number of fused-ring (bicyclic) bond motifs is 2. The van der Waals surface area contributed by atoms with Crippen molar-refractivity contribution in [2.24, 2.45) is 0 Å². The molecule has 0 saturated carbocycles. The summed E-state index contributed by atoms with van der Waals surface area (Å²) in [5.41, 5.74) is 4.15. The van der Waals surface area contributed by atoms with Crippen LogP contribution in [0.1, 0.15) is 24.0 Å². The van der Waals surface area contributed by atoms with Crippen LogP contribution in [-0.2, 0) is 11.2 Å². The van der Waals surface area contributed by atoms with E-state index < -0.39 is 0 Å². The summed E-state index contributed by atoms with van der Waals surface area (Å²) < 4.78 is 7.69. The molecule has 1 saturated heterocycles. The molecular formula is C28H26N8O2. The first-order valence-electron chi connectivity index (χ1n) is 12.5. The van der Waals surface area contributed by atoms with Crippen LogP contribution >= 0.6 is 0 Å². The lowest BCUT2D eigenvalue weighted by Crippen LogP contribution is -2.18. The summed E-state index contributed by atoms with van der Waals surface area (Å²) in [4.78, 5) is 25.7. The molecular weight excluding hydrogens is 480 g/mol. The zero-order valence-electron chi connectivity index (χ0n) is 20.8. The molecule has 1 fully saturated rings. The van der Waals surface area contributed by atoms with Crippen LogP contribution in [0.25, 0.3) is 16.6 Å². The van der Waals surface area contributed by atoms with Crippen LogP contribution in [-0.4, -0.2) is 47.9 Å². The molecule has 0 spiro atoms. The summed E-state index contributed by atoms with van der Waals surface area (Å²) in [6.07, 6.45) is 11.0. The number of aromatic nitrogens is 6. The van der Waals surface area contributed by atoms with E-state index in [2.05, 4.69) is 35.8 Å². The summed E-state index contributed by atoms with van der Waals surface area (Å²) in [5.74, 6) is 1.86. The molecule has 0 unspecified atom stereocenters. The molecule has 10 nitrogen and oxygen atoms in total. The van der Waals surface area contributed by atoms with E-state index in [4.69, 9.17) is 4.74 Å². The van der Waals surface area contributed by atoms with E-state index >= 15 is 0 Å². The maximum Gasteiger partial charge on any atom is 0.224 e. The fourth-order valence-corrected chi connectivity index (χ4v) is 4.53. The lowest BCUT2D eigenvalue weighted by Gasteiger charge is -2.12. The third-order valence-electron chi connectivity index (χ3n) is 6.51. The highest BCUT2D eigenvalue weighted by Gasteiger charge is 2.12. The van der Waals surface area contributed by atoms with Gasteiger partial charge in [-0.25, -0.2) is 15.0 Å². The first-order chi connectivity index (χ1) is 18.6. The van der Waals surface area contributed by atoms with Crippen molar-refractivity contribution in [3.8, 4) is 11.6 Å². The molecule has 2 N–H and O–H groups in total. The third-order valence-corrected chi connectivity index (χ3v) is 6.51. The van der Waals surface area contributed by atoms with E-state index in [-0.39, 0.29) is 5.78 Å². The van der Waals surface area contributed by atoms with Crippen LogP contribution < -0.4 is 15.4 Å². The standard InChI is InChI=1S/C28H26N8O2/c1-18-11-21(6-9-25(18)38-27-14-26-35-33-17-36(26)16-32-27)34-28-23-13-19(4-8-24(23)30-15-31-28)12-22(37)7-5-20-3-2-10-29-20/h4-9,11,13-17,20,29H,2-3,10,12H2,1H3,(H,30,31,34)/b7-5+/t20-/m0/s1. The van der Waals surface area contributed by atoms with E-state index in [0.29, 0.717) is 35.6 Å². The van der Waals surface area contributed by atoms with Gasteiger partial charge in [0.2, 0.25) is 5.88 Å². The maximum atomic E-state index is 12.5. The molecule has 190 valence electrons. The van der Waals surface area contributed by atoms with Gasteiger partial charge in [0.1, 0.15) is 30.5 Å². The molecule has 10 heteroatoms. The number of hydrogen-bond acceptors (Lipinski definition) is 9. The van der Waals surface area contributed by atoms with E-state index in [9.17, 15) is 4.79 Å². The predicted octanol–water partition coefficient (Wildman–Crippen LogP) is 4.33. The second-order valence-electron chi connectivity index (χ2n) is 9.31. The van der Waals surface area contributed by atoms with Crippen LogP contribution in [0.5, 0.6) is 11.6 Å². The maximum absolute atomic E-state index is 12.5. The van der Waals surface area contributed by atoms with Crippen molar-refractivity contribution in [1.29, 1.82) is 0 Å². The lowest BCUT2D eigenvalue weighted by molar-refractivity contribution is -0.114. The number of anilines is 2. The summed E-state index contributed by atoms with van der Waals surface area (Å²) >= 11 is 0. The summed E-state index contributed by atoms with van der Waals surface area (Å²) in [7, 11) is 0. The minimum Gasteiger partial charge on any atom is -0.439 e. The zero-order chi connectivity index (χ0) is 25.9. The van der Waals surface area contributed by atoms with Crippen LogP contribution in [0.2, 0.25) is 0 Å². The average Bonchev–Trinajstić information content (AvgIpc) is 3.61. The molecule has 0 bridgehead atoms. The van der Waals surface area contributed by atoms with Crippen LogP contribution in [0, 0.1) is 6.92 Å². The molecule has 3 aromatic heterocycles. The SMILES string of the molecule is Cc1cc(Nc2ncnc3ccc(CC(=O)/C=C/[C@@H]4CCCN4)cc23)ccc1Oc1cc2nncn2cn1. The largest absolute Gasteiger partial charge is 0.439 e. The first-order valence-corrected chi connectivity index (χ1v) is 12.5. The summed E-state index contributed by atoms with van der Waals surface area (Å²) in [6.45, 7) is 2.98. The predicted molar refractivity (Wildman–Crippen MR) is 144 cm³/mol. The van der Waals surface area contributed by atoms with Crippen LogP contribution in [0.3, 0.4) is 0 Å². The molecule has 5 aromatic rings. The molecule has 0 aliphatic carbocycles. The highest BCUT2D eigenvalue weighted by atomic mass is 16.5. The van der Waals surface area contributed by atoms with Crippen molar-refractivity contribution in [2.45, 2.75) is 32.2 Å². The van der Waals surface area contributed by atoms with Crippen molar-refractivity contribution < 1.29 is 9.53 Å². The highest BCUT2D eigenvalue weighted by molar-refractivity contribution is 5.94. The van der Waals surface area contributed by atoms with Gasteiger partial charge in [-0.3, -0.25) is 9.20 Å². The fourth-order valence-electron chi connectivity index (χ4n) is 4.53. The third kappa shape index (κ3) is 5.21. The number of nitrogens with one attached hydrogen (secondary N) is 2. The van der Waals surface area contributed by atoms with Crippen LogP contribution in [0.4, 0.5) is 11.5 Å². The monoisotopic (exact) mass is 506 g/mol. The Bertz CT molecular complexity index is 1660. The van der Waals surface area contributed by atoms with E-state index in [1.54, 1.807) is 29.2 Å². The van der Waals surface area contributed by atoms with Gasteiger partial charge in [-0.05, 0) is 73.8 Å². The number of rotatable bonds is 8. The van der Waals surface area contributed by atoms with Gasteiger partial charge in [-0.15, -0.1) is 10.2 Å². The second kappa shape index (κ2) is 10.3. The van der Waals surface area contributed by atoms with Crippen molar-refractivity contribution in [3.05, 3.63) is 84.7 Å². The molecule has 0 radical (unpaired) electrons. The molecule has 4 heterocycles. The smallest absolute Gasteiger partial charge is 0.224 e. The average molecular weight is 507 g/mol. The van der Waals surface area contributed by atoms with Gasteiger partial charge in [0.05, 0.1) is 5.52 Å². The molecule has 1 aliphatic rings. The van der Waals surface area contributed by atoms with Gasteiger partial charge in [-0.2, -0.15) is 0 Å². The van der Waals surface area contributed by atoms with Gasteiger partial charge in [-0.1, -0.05) is 12.1 Å². The molecule has 0 amide bonds. The molecule has 2 aromatic carbocycles. The minimum absolute atomic E-state index is 0.0771. The number of carbonyl (C=O) groups is 1. The number of carbonyl (C=O) groups excluding carboxylic acids is 1. The molecule has 1 atom stereocenters. The Hall–Kier alpha value is -4.70. The highest BCUT2D eigenvalue weighted by Crippen LogP contribution is 2.29. The molecule has 6 rings (SSSR count). The fraction of sp³-hybridized carbons (Fsp3) is 0.214. The topological polar surface area (TPSA) is 119 Å². The lowest BCUT2D eigenvalue weighted by atomic mass is 10.0. The van der Waals surface area contributed by atoms with Crippen molar-refractivity contribution in [1.82, 2.24) is 34.9 Å². The summed E-state index contributed by atoms with van der Waals surface area (Å²) in [6, 6.07) is 13.7. The van der Waals surface area contributed by atoms with E-state index in [1.807, 2.05) is 49.4 Å². The Morgan fingerprint density at radius 3 is 2.97 bits per heavy atom. The van der Waals surface area contributed by atoms with Crippen molar-refractivity contribution in [2.75, 3.05) is 11.9 Å². The second-order valence-corrected chi connectivity index (χ2v) is 9.31. The Balaban J connectivity index is 1.18. The van der Waals surface area contributed by atoms with Gasteiger partial charge in [0, 0.05) is 29.6 Å². The minimum atomic E-state index is 0.0771. The van der Waals surface area contributed by atoms with Crippen LogP contribution in [0.15, 0.2) is 73.6 Å². The first kappa shape index (κ1) is 23.7. The van der Waals surface area contributed by atoms with E-state index in [1.165, 1.54) is 6.33 Å². The van der Waals surface area contributed by atoms with E-state index in [0.717, 1.165) is 47.1 Å². The van der Waals surface area contributed by atoms with Gasteiger partial charge >= 0.3 is 0 Å². The number of aryl methyl sites for hydroxylation is 1. The van der Waals surface area contributed by atoms with Gasteiger partial charge in [0.25, 0.3) is 0 Å². The number of allylic oxidation sites excluding steroid dienone is 1. The quantitative estimate of drug-likeness (QED) is 0.296. The van der Waals surface area contributed by atoms with Crippen molar-refractivity contribution in [3.63, 3.8) is 0 Å². The number of ketones is 1. The normalized spacial score (nSPS) is 15.4.